The summed E-state index contributed by atoms with van der Waals surface area (Å²) < 4.78 is 16.5. The molecule has 0 fully saturated rings. The van der Waals surface area contributed by atoms with Crippen LogP contribution in [0.25, 0.3) is 11.1 Å². The number of nitrogens with two attached hydrogens (primary N) is 1. The van der Waals surface area contributed by atoms with Crippen LogP contribution in [-0.2, 0) is 4.79 Å². The second kappa shape index (κ2) is 9.53. The number of aromatic nitrogens is 2. The predicted molar refractivity (Wildman–Crippen MR) is 103 cm³/mol. The normalized spacial score (nSPS) is 9.81. The van der Waals surface area contributed by atoms with Crippen LogP contribution >= 0.6 is 11.9 Å². The highest BCUT2D eigenvalue weighted by Gasteiger charge is 2.05. The van der Waals surface area contributed by atoms with Crippen LogP contribution in [0, 0.1) is 19.7 Å². The zero-order valence-electron chi connectivity index (χ0n) is 14.4. The first-order valence-electron chi connectivity index (χ1n) is 7.77. The number of rotatable bonds is 4. The number of nitrogens with one attached hydrogen (secondary N) is 1. The predicted octanol–water partition coefficient (Wildman–Crippen LogP) is 4.12. The van der Waals surface area contributed by atoms with Crippen molar-refractivity contribution < 1.29 is 9.18 Å². The monoisotopic (exact) mass is 370 g/mol. The van der Waals surface area contributed by atoms with Crippen molar-refractivity contribution in [3.63, 3.8) is 0 Å². The largest absolute Gasteiger partial charge is 0.372 e. The third-order valence-electron chi connectivity index (χ3n) is 3.39. The van der Waals surface area contributed by atoms with E-state index in [9.17, 15) is 4.39 Å². The van der Waals surface area contributed by atoms with E-state index in [1.54, 1.807) is 12.3 Å². The SMILES string of the molecule is Cc1cc(-c2cnc(C)c(NSc3cccc(F)c3)c2)ccn1.NC=O. The third-order valence-corrected chi connectivity index (χ3v) is 4.20. The minimum absolute atomic E-state index is 0.243. The molecule has 7 heteroatoms. The van der Waals surface area contributed by atoms with E-state index in [0.29, 0.717) is 0 Å². The van der Waals surface area contributed by atoms with Crippen LogP contribution in [0.15, 0.2) is 59.8 Å². The first kappa shape index (κ1) is 19.4. The first-order valence-corrected chi connectivity index (χ1v) is 8.58. The average Bonchev–Trinajstić information content (AvgIpc) is 2.62. The molecule has 3 rings (SSSR count). The summed E-state index contributed by atoms with van der Waals surface area (Å²) in [7, 11) is 0. The van der Waals surface area contributed by atoms with Gasteiger partial charge >= 0.3 is 0 Å². The van der Waals surface area contributed by atoms with Crippen LogP contribution in [0.2, 0.25) is 0 Å². The van der Waals surface area contributed by atoms with Crippen LogP contribution < -0.4 is 10.5 Å². The van der Waals surface area contributed by atoms with Gasteiger partial charge in [-0.2, -0.15) is 0 Å². The van der Waals surface area contributed by atoms with Crippen molar-refractivity contribution in [2.24, 2.45) is 5.73 Å². The number of anilines is 1. The number of hydrogen-bond acceptors (Lipinski definition) is 5. The number of carbonyl (C=O) groups excluding carboxylic acids is 1. The Kier molecular flexibility index (Phi) is 7.11. The zero-order chi connectivity index (χ0) is 18.9. The van der Waals surface area contributed by atoms with Crippen LogP contribution in [0.3, 0.4) is 0 Å². The molecule has 3 aromatic rings. The lowest BCUT2D eigenvalue weighted by Gasteiger charge is -2.10. The number of carbonyl (C=O) groups is 1. The Hall–Kier alpha value is -2.93. The first-order chi connectivity index (χ1) is 12.5. The maximum absolute atomic E-state index is 13.2. The number of amides is 1. The van der Waals surface area contributed by atoms with Crippen LogP contribution in [0.1, 0.15) is 11.4 Å². The van der Waals surface area contributed by atoms with E-state index < -0.39 is 0 Å². The van der Waals surface area contributed by atoms with Gasteiger partial charge in [-0.15, -0.1) is 0 Å². The van der Waals surface area contributed by atoms with Crippen molar-refractivity contribution in [3.8, 4) is 11.1 Å². The molecule has 0 bridgehead atoms. The molecule has 0 unspecified atom stereocenters. The highest BCUT2D eigenvalue weighted by Crippen LogP contribution is 2.27. The number of aryl methyl sites for hydroxylation is 2. The molecule has 1 amide bonds. The molecule has 0 aliphatic carbocycles. The highest BCUT2D eigenvalue weighted by molar-refractivity contribution is 8.00. The quantitative estimate of drug-likeness (QED) is 0.533. The van der Waals surface area contributed by atoms with Gasteiger partial charge in [0.15, 0.2) is 0 Å². The van der Waals surface area contributed by atoms with E-state index in [1.165, 1.54) is 24.1 Å². The molecule has 2 heterocycles. The van der Waals surface area contributed by atoms with E-state index in [-0.39, 0.29) is 12.2 Å². The minimum atomic E-state index is -0.243. The van der Waals surface area contributed by atoms with Gasteiger partial charge in [0.1, 0.15) is 5.82 Å². The fourth-order valence-electron chi connectivity index (χ4n) is 2.16. The van der Waals surface area contributed by atoms with Gasteiger partial charge in [0.25, 0.3) is 0 Å². The van der Waals surface area contributed by atoms with Gasteiger partial charge in [0.2, 0.25) is 6.41 Å². The number of benzene rings is 1. The molecule has 1 aromatic carbocycles. The van der Waals surface area contributed by atoms with Crippen molar-refractivity contribution in [1.82, 2.24) is 9.97 Å². The van der Waals surface area contributed by atoms with Gasteiger partial charge in [-0.25, -0.2) is 4.39 Å². The number of pyridine rings is 2. The maximum atomic E-state index is 13.2. The van der Waals surface area contributed by atoms with Crippen molar-refractivity contribution in [2.75, 3.05) is 4.72 Å². The summed E-state index contributed by atoms with van der Waals surface area (Å²) in [6, 6.07) is 12.5. The molecule has 3 N–H and O–H groups in total. The number of nitrogens with zero attached hydrogens (tertiary/aromatic N) is 2. The number of hydrogen-bond donors (Lipinski definition) is 2. The van der Waals surface area contributed by atoms with Crippen LogP contribution in [-0.4, -0.2) is 16.4 Å². The lowest BCUT2D eigenvalue weighted by molar-refractivity contribution is -0.106. The maximum Gasteiger partial charge on any atom is 0.204 e. The molecule has 134 valence electrons. The fraction of sp³-hybridized carbons (Fsp3) is 0.105. The number of halogens is 1. The fourth-order valence-corrected chi connectivity index (χ4v) is 2.92. The third kappa shape index (κ3) is 5.56. The molecule has 0 aliphatic heterocycles. The smallest absolute Gasteiger partial charge is 0.204 e. The van der Waals surface area contributed by atoms with Gasteiger partial charge < -0.3 is 10.5 Å². The second-order valence-electron chi connectivity index (χ2n) is 5.34. The van der Waals surface area contributed by atoms with Crippen LogP contribution in [0.4, 0.5) is 10.1 Å². The average molecular weight is 370 g/mol. The Morgan fingerprint density at radius 3 is 2.58 bits per heavy atom. The summed E-state index contributed by atoms with van der Waals surface area (Å²) >= 11 is 1.37. The van der Waals surface area contributed by atoms with Gasteiger partial charge in [-0.1, -0.05) is 6.07 Å². The Labute approximate surface area is 156 Å². The summed E-state index contributed by atoms with van der Waals surface area (Å²) in [6.07, 6.45) is 3.89. The van der Waals surface area contributed by atoms with Gasteiger partial charge in [-0.3, -0.25) is 14.8 Å². The molecule has 0 saturated carbocycles. The molecule has 0 saturated heterocycles. The summed E-state index contributed by atoms with van der Waals surface area (Å²) in [5, 5.41) is 0. The van der Waals surface area contributed by atoms with Crippen molar-refractivity contribution in [1.29, 1.82) is 0 Å². The molecular weight excluding hydrogens is 351 g/mol. The van der Waals surface area contributed by atoms with Crippen LogP contribution in [0.5, 0.6) is 0 Å². The van der Waals surface area contributed by atoms with E-state index in [1.807, 2.05) is 44.3 Å². The lowest BCUT2D eigenvalue weighted by Crippen LogP contribution is -1.94. The summed E-state index contributed by atoms with van der Waals surface area (Å²) in [5.74, 6) is -0.243. The summed E-state index contributed by atoms with van der Waals surface area (Å²) in [5.41, 5.74) is 9.02. The standard InChI is InChI=1S/C18H16FN3S.CH3NO/c1-12-8-14(6-7-20-12)15-9-18(13(2)21-11-15)22-23-17-5-3-4-16(19)10-17;2-1-3/h3-11,22H,1-2H3;1H,(H2,2,3). The summed E-state index contributed by atoms with van der Waals surface area (Å²) in [4.78, 5) is 18.1. The molecule has 5 nitrogen and oxygen atoms in total. The zero-order valence-corrected chi connectivity index (χ0v) is 15.3. The van der Waals surface area contributed by atoms with E-state index >= 15 is 0 Å². The summed E-state index contributed by atoms with van der Waals surface area (Å²) in [6.45, 7) is 3.90. The van der Waals surface area contributed by atoms with Crippen molar-refractivity contribution >= 4 is 24.0 Å². The van der Waals surface area contributed by atoms with Gasteiger partial charge in [-0.05, 0) is 67.8 Å². The number of primary amides is 1. The Morgan fingerprint density at radius 1 is 1.12 bits per heavy atom. The van der Waals surface area contributed by atoms with Gasteiger partial charge in [0.05, 0.1) is 11.4 Å². The topological polar surface area (TPSA) is 80.9 Å². The molecule has 26 heavy (non-hydrogen) atoms. The molecular formula is C19H19FN4OS. The Morgan fingerprint density at radius 2 is 1.88 bits per heavy atom. The van der Waals surface area contributed by atoms with E-state index in [0.717, 1.165) is 33.1 Å². The van der Waals surface area contributed by atoms with E-state index in [2.05, 4.69) is 20.4 Å². The molecule has 0 atom stereocenters. The lowest BCUT2D eigenvalue weighted by atomic mass is 10.1. The van der Waals surface area contributed by atoms with Crippen molar-refractivity contribution in [3.05, 3.63) is 72.1 Å². The van der Waals surface area contributed by atoms with Crippen molar-refractivity contribution in [2.45, 2.75) is 18.7 Å². The molecule has 0 spiro atoms. The Bertz CT molecular complexity index is 889. The van der Waals surface area contributed by atoms with E-state index in [4.69, 9.17) is 4.79 Å². The molecule has 0 aliphatic rings. The van der Waals surface area contributed by atoms with Gasteiger partial charge in [0, 0.05) is 28.5 Å². The Balaban J connectivity index is 0.000000758. The molecule has 2 aromatic heterocycles. The second-order valence-corrected chi connectivity index (χ2v) is 6.22. The molecule has 0 radical (unpaired) electrons. The highest BCUT2D eigenvalue weighted by atomic mass is 32.2. The minimum Gasteiger partial charge on any atom is -0.372 e.